The largest absolute Gasteiger partial charge is 0.227 e. The van der Waals surface area contributed by atoms with E-state index in [0.717, 1.165) is 12.1 Å². The third-order valence-corrected chi connectivity index (χ3v) is 2.08. The predicted octanol–water partition coefficient (Wildman–Crippen LogP) is 1.45. The van der Waals surface area contributed by atoms with E-state index >= 15 is 0 Å². The van der Waals surface area contributed by atoms with Gasteiger partial charge in [0.2, 0.25) is 0 Å². The quantitative estimate of drug-likeness (QED) is 0.687. The van der Waals surface area contributed by atoms with E-state index in [9.17, 15) is 12.8 Å². The fourth-order valence-electron chi connectivity index (χ4n) is 0.626. The smallest absolute Gasteiger partial charge is 0.171 e. The third kappa shape index (κ3) is 1.91. The molecule has 0 radical (unpaired) electrons. The summed E-state index contributed by atoms with van der Waals surface area (Å²) in [5.74, 6) is -0.773. The summed E-state index contributed by atoms with van der Waals surface area (Å²) in [5.41, 5.74) is 0. The second kappa shape index (κ2) is 3.19. The van der Waals surface area contributed by atoms with Gasteiger partial charge in [0, 0.05) is 5.02 Å². The molecule has 0 aliphatic rings. The van der Waals surface area contributed by atoms with Crippen molar-refractivity contribution in [2.75, 3.05) is 0 Å². The van der Waals surface area contributed by atoms with E-state index in [4.69, 9.17) is 11.6 Å². The maximum absolute atomic E-state index is 12.6. The summed E-state index contributed by atoms with van der Waals surface area (Å²) in [7, 11) is -2.89. The molecule has 0 saturated heterocycles. The van der Waals surface area contributed by atoms with Crippen molar-refractivity contribution in [1.29, 1.82) is 0 Å². The van der Waals surface area contributed by atoms with Gasteiger partial charge < -0.3 is 0 Å². The van der Waals surface area contributed by atoms with Gasteiger partial charge in [0.05, 0.1) is 0 Å². The molecule has 0 bridgehead atoms. The lowest BCUT2D eigenvalue weighted by Gasteiger charge is -1.93. The molecule has 1 aromatic carbocycles. The molecule has 0 spiro atoms. The second-order valence-corrected chi connectivity index (χ2v) is 3.29. The summed E-state index contributed by atoms with van der Waals surface area (Å²) in [6.07, 6.45) is 0. The van der Waals surface area contributed by atoms with Crippen LogP contribution in [0, 0.1) is 5.82 Å². The fraction of sp³-hybridized carbons (Fsp3) is 0. The number of hydrogen-bond acceptors (Lipinski definition) is 2. The summed E-state index contributed by atoms with van der Waals surface area (Å²) >= 11 is 5.43. The van der Waals surface area contributed by atoms with Gasteiger partial charge in [-0.05, 0) is 18.2 Å². The van der Waals surface area contributed by atoms with Crippen molar-refractivity contribution in [2.24, 2.45) is 0 Å². The van der Waals surface area contributed by atoms with Crippen molar-refractivity contribution in [3.05, 3.63) is 29.0 Å². The maximum Gasteiger partial charge on any atom is 0.171 e. The summed E-state index contributed by atoms with van der Waals surface area (Å²) in [4.78, 5) is -0.368. The van der Waals surface area contributed by atoms with E-state index in [1.165, 1.54) is 6.07 Å². The first-order valence-corrected chi connectivity index (χ1v) is 4.26. The molecule has 0 aliphatic heterocycles. The SMILES string of the molecule is O=[SH](=O)c1cc(Cl)ccc1F. The normalized spacial score (nSPS) is 10.5. The monoisotopic (exact) mass is 194 g/mol. The van der Waals surface area contributed by atoms with E-state index in [2.05, 4.69) is 0 Å². The number of benzene rings is 1. The van der Waals surface area contributed by atoms with Crippen LogP contribution in [0.4, 0.5) is 4.39 Å². The van der Waals surface area contributed by atoms with Gasteiger partial charge in [0.15, 0.2) is 10.7 Å². The van der Waals surface area contributed by atoms with Crippen LogP contribution in [0.2, 0.25) is 5.02 Å². The van der Waals surface area contributed by atoms with Gasteiger partial charge in [-0.3, -0.25) is 0 Å². The second-order valence-electron chi connectivity index (χ2n) is 1.85. The highest BCUT2D eigenvalue weighted by atomic mass is 35.5. The summed E-state index contributed by atoms with van der Waals surface area (Å²) < 4.78 is 33.2. The first kappa shape index (κ1) is 8.49. The number of halogens is 2. The first-order valence-electron chi connectivity index (χ1n) is 2.70. The lowest BCUT2D eigenvalue weighted by molar-refractivity contribution is 0.578. The maximum atomic E-state index is 12.6. The zero-order valence-corrected chi connectivity index (χ0v) is 6.90. The molecule has 1 aromatic rings. The van der Waals surface area contributed by atoms with Crippen LogP contribution in [0.3, 0.4) is 0 Å². The minimum absolute atomic E-state index is 0.209. The van der Waals surface area contributed by atoms with Gasteiger partial charge in [-0.2, -0.15) is 0 Å². The minimum Gasteiger partial charge on any atom is -0.227 e. The van der Waals surface area contributed by atoms with E-state index in [0.29, 0.717) is 0 Å². The van der Waals surface area contributed by atoms with Crippen molar-refractivity contribution >= 4 is 22.3 Å². The molecular formula is C6H4ClFO2S. The van der Waals surface area contributed by atoms with E-state index in [1.807, 2.05) is 0 Å². The highest BCUT2D eigenvalue weighted by Crippen LogP contribution is 2.15. The van der Waals surface area contributed by atoms with Gasteiger partial charge in [0.25, 0.3) is 0 Å². The van der Waals surface area contributed by atoms with Crippen molar-refractivity contribution in [1.82, 2.24) is 0 Å². The molecule has 0 aliphatic carbocycles. The zero-order valence-electron chi connectivity index (χ0n) is 5.25. The van der Waals surface area contributed by atoms with Gasteiger partial charge in [-0.25, -0.2) is 12.8 Å². The number of hydrogen-bond donors (Lipinski definition) is 1. The molecule has 0 amide bonds. The molecule has 0 atom stereocenters. The first-order chi connectivity index (χ1) is 5.11. The Balaban J connectivity index is 3.35. The van der Waals surface area contributed by atoms with Crippen LogP contribution in [0.1, 0.15) is 0 Å². The van der Waals surface area contributed by atoms with Crippen molar-refractivity contribution in [3.8, 4) is 0 Å². The van der Waals surface area contributed by atoms with Crippen molar-refractivity contribution in [2.45, 2.75) is 4.90 Å². The fourth-order valence-corrected chi connectivity index (χ4v) is 1.37. The van der Waals surface area contributed by atoms with Crippen LogP contribution in [0.15, 0.2) is 23.1 Å². The number of thiol groups is 1. The molecule has 5 heteroatoms. The van der Waals surface area contributed by atoms with Crippen molar-refractivity contribution < 1.29 is 12.8 Å². The Morgan fingerprint density at radius 2 is 2.00 bits per heavy atom. The van der Waals surface area contributed by atoms with Crippen LogP contribution >= 0.6 is 11.6 Å². The Labute approximate surface area is 69.6 Å². The Hall–Kier alpha value is -0.610. The van der Waals surface area contributed by atoms with Crippen LogP contribution in [-0.2, 0) is 10.7 Å². The van der Waals surface area contributed by atoms with Gasteiger partial charge in [-0.1, -0.05) is 11.6 Å². The van der Waals surface area contributed by atoms with Crippen LogP contribution in [0.25, 0.3) is 0 Å². The lowest BCUT2D eigenvalue weighted by Crippen LogP contribution is -1.85. The predicted molar refractivity (Wildman–Crippen MR) is 40.0 cm³/mol. The molecule has 0 aromatic heterocycles. The van der Waals surface area contributed by atoms with E-state index in [-0.39, 0.29) is 9.92 Å². The average molecular weight is 195 g/mol. The lowest BCUT2D eigenvalue weighted by atomic mass is 10.3. The zero-order chi connectivity index (χ0) is 8.43. The topological polar surface area (TPSA) is 34.1 Å². The molecule has 0 saturated carbocycles. The van der Waals surface area contributed by atoms with Crippen molar-refractivity contribution in [3.63, 3.8) is 0 Å². The molecule has 0 fully saturated rings. The van der Waals surface area contributed by atoms with Crippen LogP contribution in [0.5, 0.6) is 0 Å². The third-order valence-electron chi connectivity index (χ3n) is 1.10. The number of rotatable bonds is 1. The minimum atomic E-state index is -2.89. The Kier molecular flexibility index (Phi) is 2.46. The summed E-state index contributed by atoms with van der Waals surface area (Å²) in [5, 5.41) is 0.209. The Morgan fingerprint density at radius 1 is 1.36 bits per heavy atom. The van der Waals surface area contributed by atoms with Crippen LogP contribution in [-0.4, -0.2) is 8.42 Å². The van der Waals surface area contributed by atoms with Crippen LogP contribution < -0.4 is 0 Å². The Bertz CT molecular complexity index is 340. The van der Waals surface area contributed by atoms with Gasteiger partial charge in [-0.15, -0.1) is 0 Å². The molecule has 1 rings (SSSR count). The Morgan fingerprint density at radius 3 is 2.45 bits per heavy atom. The molecule has 0 heterocycles. The van der Waals surface area contributed by atoms with Gasteiger partial charge in [0.1, 0.15) is 10.7 Å². The molecular weight excluding hydrogens is 191 g/mol. The average Bonchev–Trinajstić information content (AvgIpc) is 1.94. The molecule has 0 unspecified atom stereocenters. The molecule has 0 N–H and O–H groups in total. The van der Waals surface area contributed by atoms with E-state index in [1.54, 1.807) is 0 Å². The van der Waals surface area contributed by atoms with Gasteiger partial charge >= 0.3 is 0 Å². The standard InChI is InChI=1S/C6H4ClFO2S/c7-4-1-2-5(8)6(3-4)11(9)10/h1-3,11H. The summed E-state index contributed by atoms with van der Waals surface area (Å²) in [6.45, 7) is 0. The summed E-state index contributed by atoms with van der Waals surface area (Å²) in [6, 6.07) is 3.38. The van der Waals surface area contributed by atoms with E-state index < -0.39 is 16.5 Å². The molecule has 11 heavy (non-hydrogen) atoms. The molecule has 60 valence electrons. The highest BCUT2D eigenvalue weighted by molar-refractivity contribution is 7.72. The molecule has 2 nitrogen and oxygen atoms in total. The highest BCUT2D eigenvalue weighted by Gasteiger charge is 2.03.